The van der Waals surface area contributed by atoms with Crippen LogP contribution >= 0.6 is 0 Å². The number of fused-ring (bicyclic) bond motifs is 8. The summed E-state index contributed by atoms with van der Waals surface area (Å²) in [6.45, 7) is 3.89. The maximum Gasteiger partial charge on any atom is 0.407 e. The summed E-state index contributed by atoms with van der Waals surface area (Å²) >= 11 is 0. The van der Waals surface area contributed by atoms with Crippen LogP contribution < -0.4 is 10.9 Å². The highest BCUT2D eigenvalue weighted by molar-refractivity contribution is 5.93. The fourth-order valence-corrected chi connectivity index (χ4v) is 8.71. The highest BCUT2D eigenvalue weighted by Crippen LogP contribution is 2.47. The molecule has 1 unspecified atom stereocenters. The number of aryl methyl sites for hydroxylation is 1. The summed E-state index contributed by atoms with van der Waals surface area (Å²) in [5.74, 6) is -1.38. The minimum absolute atomic E-state index is 0.0302. The number of aromatic nitrogens is 2. The van der Waals surface area contributed by atoms with Gasteiger partial charge in [-0.05, 0) is 71.2 Å². The summed E-state index contributed by atoms with van der Waals surface area (Å²) in [4.78, 5) is 44.8. The minimum atomic E-state index is -1.96. The first kappa shape index (κ1) is 30.7. The Hall–Kier alpha value is -5.35. The zero-order chi connectivity index (χ0) is 34.5. The maximum atomic E-state index is 15.3. The van der Waals surface area contributed by atoms with Crippen LogP contribution in [0.2, 0.25) is 0 Å². The third-order valence-corrected chi connectivity index (χ3v) is 11.3. The number of nitrogens with one attached hydrogen (secondary N) is 1. The second kappa shape index (κ2) is 11.1. The number of carbonyl (C=O) groups excluding carboxylic acids is 2. The Morgan fingerprint density at radius 3 is 2.52 bits per heavy atom. The molecule has 252 valence electrons. The molecule has 0 spiro atoms. The van der Waals surface area contributed by atoms with E-state index in [1.807, 2.05) is 24.3 Å². The average molecular weight is 672 g/mol. The standard InChI is InChI=1S/C40H34FN3O6/c1-3-40(48)30-14-33-36-27(17-44(33)37(45)29(30)19-49-38(40)46)34-21(12-13-22-20(2)31(41)15-32(43-36)35(22)34)16-42-39(47)50-18-28-25-10-6-4-8-23(25)24-9-5-7-11-26(24)28/h4-11,14-15,21,28,48H,3,12-13,16-19H2,1-2H3,(H,42,47)/t21?,40-/m0/s1. The van der Waals surface area contributed by atoms with Crippen molar-refractivity contribution in [3.8, 4) is 22.5 Å². The number of hydrogen-bond donors (Lipinski definition) is 2. The normalized spacial score (nSPS) is 19.7. The molecular weight excluding hydrogens is 637 g/mol. The molecule has 4 aliphatic rings. The highest BCUT2D eigenvalue weighted by Gasteiger charge is 2.46. The third-order valence-electron chi connectivity index (χ3n) is 11.3. The molecule has 9 rings (SSSR count). The van der Waals surface area contributed by atoms with Crippen molar-refractivity contribution >= 4 is 23.0 Å². The van der Waals surface area contributed by atoms with E-state index in [0.29, 0.717) is 35.3 Å². The van der Waals surface area contributed by atoms with Gasteiger partial charge >= 0.3 is 12.1 Å². The number of cyclic esters (lactones) is 1. The zero-order valence-electron chi connectivity index (χ0n) is 27.6. The number of carbonyl (C=O) groups is 2. The van der Waals surface area contributed by atoms with E-state index in [2.05, 4.69) is 29.6 Å². The molecule has 2 atom stereocenters. The summed E-state index contributed by atoms with van der Waals surface area (Å²) < 4.78 is 27.9. The van der Waals surface area contributed by atoms with E-state index >= 15 is 4.39 Å². The van der Waals surface area contributed by atoms with E-state index < -0.39 is 17.7 Å². The Bertz CT molecular complexity index is 2340. The van der Waals surface area contributed by atoms with E-state index in [0.717, 1.165) is 44.3 Å². The summed E-state index contributed by atoms with van der Waals surface area (Å²) in [7, 11) is 0. The molecule has 0 saturated carbocycles. The largest absolute Gasteiger partial charge is 0.458 e. The molecule has 4 heterocycles. The Balaban J connectivity index is 1.05. The number of amides is 1. The van der Waals surface area contributed by atoms with E-state index in [4.69, 9.17) is 14.5 Å². The van der Waals surface area contributed by atoms with Crippen molar-refractivity contribution in [3.63, 3.8) is 0 Å². The lowest BCUT2D eigenvalue weighted by atomic mass is 9.78. The van der Waals surface area contributed by atoms with E-state index in [1.54, 1.807) is 24.5 Å². The molecule has 0 bridgehead atoms. The Kier molecular flexibility index (Phi) is 6.80. The van der Waals surface area contributed by atoms with Crippen molar-refractivity contribution in [1.29, 1.82) is 0 Å². The maximum absolute atomic E-state index is 15.3. The molecule has 0 saturated heterocycles. The Morgan fingerprint density at radius 2 is 1.80 bits per heavy atom. The van der Waals surface area contributed by atoms with Crippen LogP contribution in [-0.4, -0.2) is 39.9 Å². The van der Waals surface area contributed by atoms with Gasteiger partial charge in [-0.25, -0.2) is 19.0 Å². The van der Waals surface area contributed by atoms with Crippen LogP contribution in [0.5, 0.6) is 0 Å². The predicted octanol–water partition coefficient (Wildman–Crippen LogP) is 6.10. The SMILES string of the molecule is CC[C@@]1(O)C(=O)OCc2c1cc1n(c2=O)Cc2c-1nc1cc(F)c(C)c3c1c2C(CNC(=O)OCC1c2ccccc2-c2ccccc21)CC3. The first-order valence-corrected chi connectivity index (χ1v) is 17.1. The number of halogens is 1. The van der Waals surface area contributed by atoms with Crippen LogP contribution in [0.25, 0.3) is 33.4 Å². The van der Waals surface area contributed by atoms with Gasteiger partial charge in [0.25, 0.3) is 5.56 Å². The first-order valence-electron chi connectivity index (χ1n) is 17.1. The van der Waals surface area contributed by atoms with Gasteiger partial charge in [0.1, 0.15) is 19.0 Å². The van der Waals surface area contributed by atoms with Crippen LogP contribution in [0.1, 0.15) is 76.1 Å². The van der Waals surface area contributed by atoms with Crippen molar-refractivity contribution in [3.05, 3.63) is 121 Å². The average Bonchev–Trinajstić information content (AvgIpc) is 3.66. The summed E-state index contributed by atoms with van der Waals surface area (Å²) in [6.07, 6.45) is 0.759. The van der Waals surface area contributed by atoms with Gasteiger partial charge in [-0.1, -0.05) is 55.5 Å². The van der Waals surface area contributed by atoms with Gasteiger partial charge in [0.05, 0.1) is 29.0 Å². The van der Waals surface area contributed by atoms with Crippen molar-refractivity contribution in [2.45, 2.75) is 63.7 Å². The van der Waals surface area contributed by atoms with Crippen LogP contribution in [0.15, 0.2) is 65.5 Å². The Labute approximate surface area is 286 Å². The molecule has 2 N–H and O–H groups in total. The third kappa shape index (κ3) is 4.27. The summed E-state index contributed by atoms with van der Waals surface area (Å²) in [5.41, 5.74) is 7.32. The lowest BCUT2D eigenvalue weighted by Crippen LogP contribution is -2.44. The molecule has 2 aliphatic carbocycles. The van der Waals surface area contributed by atoms with Gasteiger partial charge < -0.3 is 24.5 Å². The minimum Gasteiger partial charge on any atom is -0.458 e. The number of esters is 1. The van der Waals surface area contributed by atoms with Gasteiger partial charge in [-0.3, -0.25) is 4.79 Å². The van der Waals surface area contributed by atoms with Gasteiger partial charge in [-0.15, -0.1) is 0 Å². The molecule has 50 heavy (non-hydrogen) atoms. The number of alkyl carbamates (subject to hydrolysis) is 1. The van der Waals surface area contributed by atoms with Crippen molar-refractivity contribution in [2.75, 3.05) is 13.2 Å². The molecule has 1 amide bonds. The second-order valence-corrected chi connectivity index (χ2v) is 13.8. The van der Waals surface area contributed by atoms with Gasteiger partial charge in [0.15, 0.2) is 5.60 Å². The lowest BCUT2D eigenvalue weighted by Gasteiger charge is -2.31. The number of ether oxygens (including phenoxy) is 2. The molecule has 10 heteroatoms. The smallest absolute Gasteiger partial charge is 0.407 e. The van der Waals surface area contributed by atoms with E-state index in [-0.39, 0.29) is 67.1 Å². The molecule has 2 aromatic heterocycles. The molecule has 0 fully saturated rings. The lowest BCUT2D eigenvalue weighted by molar-refractivity contribution is -0.172. The van der Waals surface area contributed by atoms with Crippen molar-refractivity contribution < 1.29 is 28.6 Å². The van der Waals surface area contributed by atoms with E-state index in [1.165, 1.54) is 6.07 Å². The fourth-order valence-electron chi connectivity index (χ4n) is 8.71. The quantitative estimate of drug-likeness (QED) is 0.213. The Morgan fingerprint density at radius 1 is 1.08 bits per heavy atom. The van der Waals surface area contributed by atoms with Crippen molar-refractivity contribution in [2.24, 2.45) is 0 Å². The first-order chi connectivity index (χ1) is 24.2. The number of hydrogen-bond acceptors (Lipinski definition) is 7. The molecular formula is C40H34FN3O6. The summed E-state index contributed by atoms with van der Waals surface area (Å²) in [6, 6.07) is 19.5. The zero-order valence-corrected chi connectivity index (χ0v) is 27.6. The molecule has 0 radical (unpaired) electrons. The van der Waals surface area contributed by atoms with Crippen LogP contribution in [0.4, 0.5) is 9.18 Å². The van der Waals surface area contributed by atoms with E-state index in [9.17, 15) is 19.5 Å². The number of aliphatic hydroxyl groups is 1. The fraction of sp³-hybridized carbons (Fsp3) is 0.300. The number of benzene rings is 3. The van der Waals surface area contributed by atoms with Gasteiger partial charge in [-0.2, -0.15) is 0 Å². The predicted molar refractivity (Wildman–Crippen MR) is 183 cm³/mol. The number of pyridine rings is 2. The van der Waals surface area contributed by atoms with Gasteiger partial charge in [0.2, 0.25) is 0 Å². The molecule has 2 aliphatic heterocycles. The summed E-state index contributed by atoms with van der Waals surface area (Å²) in [5, 5.41) is 15.2. The van der Waals surface area contributed by atoms with Crippen LogP contribution in [-0.2, 0) is 39.4 Å². The van der Waals surface area contributed by atoms with Gasteiger partial charge in [0, 0.05) is 41.0 Å². The van der Waals surface area contributed by atoms with Crippen molar-refractivity contribution in [1.82, 2.24) is 14.9 Å². The topological polar surface area (TPSA) is 120 Å². The number of rotatable bonds is 5. The number of nitrogens with zero attached hydrogens (tertiary/aromatic N) is 2. The van der Waals surface area contributed by atoms with Crippen LogP contribution in [0.3, 0.4) is 0 Å². The van der Waals surface area contributed by atoms with Crippen LogP contribution in [0, 0.1) is 12.7 Å². The molecule has 9 nitrogen and oxygen atoms in total. The second-order valence-electron chi connectivity index (χ2n) is 13.8. The monoisotopic (exact) mass is 671 g/mol. The molecule has 5 aromatic rings. The highest BCUT2D eigenvalue weighted by atomic mass is 19.1. The molecule has 3 aromatic carbocycles.